The first kappa shape index (κ1) is 23.5. The summed E-state index contributed by atoms with van der Waals surface area (Å²) < 4.78 is 10.4. The zero-order valence-corrected chi connectivity index (χ0v) is 15.8. The number of alkyl halides is 1. The Hall–Kier alpha value is -0.810. The van der Waals surface area contributed by atoms with Crippen LogP contribution in [0.1, 0.15) is 61.3 Å². The van der Waals surface area contributed by atoms with Gasteiger partial charge in [0, 0.05) is 32.8 Å². The molecule has 1 amide bonds. The lowest BCUT2D eigenvalue weighted by Crippen LogP contribution is -2.37. The van der Waals surface area contributed by atoms with Crippen molar-refractivity contribution in [3.05, 3.63) is 0 Å². The normalized spacial score (nSPS) is 18.4. The molecule has 1 fully saturated rings. The number of hydrogen-bond acceptors (Lipinski definition) is 4. The first-order chi connectivity index (χ1) is 10.4. The quantitative estimate of drug-likeness (QED) is 0.549. The summed E-state index contributed by atoms with van der Waals surface area (Å²) in [5, 5.41) is 0. The van der Waals surface area contributed by atoms with E-state index in [2.05, 4.69) is 0 Å². The summed E-state index contributed by atoms with van der Waals surface area (Å²) in [5.41, 5.74) is 0. The van der Waals surface area contributed by atoms with Crippen molar-refractivity contribution < 1.29 is 19.1 Å². The Labute approximate surface area is 140 Å². The Morgan fingerprint density at radius 2 is 1.77 bits per heavy atom. The monoisotopic (exact) mass is 337 g/mol. The highest BCUT2D eigenvalue weighted by Crippen LogP contribution is 2.25. The van der Waals surface area contributed by atoms with Gasteiger partial charge < -0.3 is 14.4 Å². The standard InChI is InChI=1S/C12H20ClNO4.2C2H6/c1-4-6-14(7-5-13)10(15)8-9-11(16)18-12(2,3)17-9;2*1-2/h9H,4-8H2,1-3H3;2*1-2H3. The van der Waals surface area contributed by atoms with Gasteiger partial charge in [-0.25, -0.2) is 4.79 Å². The second kappa shape index (κ2) is 12.7. The molecule has 0 N–H and O–H groups in total. The fourth-order valence-electron chi connectivity index (χ4n) is 1.87. The molecule has 0 aliphatic carbocycles. The number of amides is 1. The minimum absolute atomic E-state index is 0.0130. The number of rotatable bonds is 6. The molecule has 0 spiro atoms. The number of carbonyl (C=O) groups excluding carboxylic acids is 2. The van der Waals surface area contributed by atoms with E-state index in [1.54, 1.807) is 18.7 Å². The minimum Gasteiger partial charge on any atom is -0.432 e. The third-order valence-corrected chi connectivity index (χ3v) is 2.77. The maximum atomic E-state index is 12.0. The van der Waals surface area contributed by atoms with Gasteiger partial charge in [-0.05, 0) is 6.42 Å². The summed E-state index contributed by atoms with van der Waals surface area (Å²) >= 11 is 5.65. The molecule has 0 aromatic heterocycles. The van der Waals surface area contributed by atoms with Crippen LogP contribution in [0, 0.1) is 0 Å². The van der Waals surface area contributed by atoms with E-state index in [9.17, 15) is 9.59 Å². The van der Waals surface area contributed by atoms with Crippen molar-refractivity contribution in [2.45, 2.75) is 73.2 Å². The predicted molar refractivity (Wildman–Crippen MR) is 89.9 cm³/mol. The summed E-state index contributed by atoms with van der Waals surface area (Å²) in [4.78, 5) is 25.2. The number of nitrogens with zero attached hydrogens (tertiary/aromatic N) is 1. The summed E-state index contributed by atoms with van der Waals surface area (Å²) in [6, 6.07) is 0. The largest absolute Gasteiger partial charge is 0.432 e. The maximum absolute atomic E-state index is 12.0. The van der Waals surface area contributed by atoms with Crippen molar-refractivity contribution in [2.75, 3.05) is 19.0 Å². The first-order valence-corrected chi connectivity index (χ1v) is 8.67. The molecule has 1 rings (SSSR count). The Balaban J connectivity index is 0. The van der Waals surface area contributed by atoms with E-state index >= 15 is 0 Å². The van der Waals surface area contributed by atoms with Crippen molar-refractivity contribution in [2.24, 2.45) is 0 Å². The number of carbonyl (C=O) groups is 2. The molecule has 1 atom stereocenters. The van der Waals surface area contributed by atoms with Crippen LogP contribution in [0.15, 0.2) is 0 Å². The van der Waals surface area contributed by atoms with Gasteiger partial charge in [0.2, 0.25) is 11.7 Å². The van der Waals surface area contributed by atoms with Crippen LogP contribution < -0.4 is 0 Å². The topological polar surface area (TPSA) is 55.8 Å². The summed E-state index contributed by atoms with van der Waals surface area (Å²) in [5.74, 6) is -1.16. The molecule has 1 saturated heterocycles. The summed E-state index contributed by atoms with van der Waals surface area (Å²) in [6.07, 6.45) is 0.0608. The third kappa shape index (κ3) is 8.59. The van der Waals surface area contributed by atoms with Gasteiger partial charge >= 0.3 is 5.97 Å². The van der Waals surface area contributed by atoms with Crippen molar-refractivity contribution in [3.8, 4) is 0 Å². The number of cyclic esters (lactones) is 1. The van der Waals surface area contributed by atoms with Crippen molar-refractivity contribution in [1.29, 1.82) is 0 Å². The highest BCUT2D eigenvalue weighted by Gasteiger charge is 2.42. The lowest BCUT2D eigenvalue weighted by Gasteiger charge is -2.22. The van der Waals surface area contributed by atoms with Crippen LogP contribution in [0.25, 0.3) is 0 Å². The van der Waals surface area contributed by atoms with Gasteiger partial charge in [-0.2, -0.15) is 0 Å². The van der Waals surface area contributed by atoms with E-state index in [0.717, 1.165) is 6.42 Å². The molecule has 5 nitrogen and oxygen atoms in total. The second-order valence-corrected chi connectivity index (χ2v) is 5.08. The molecule has 1 aliphatic heterocycles. The van der Waals surface area contributed by atoms with Crippen LogP contribution in [-0.2, 0) is 19.1 Å². The van der Waals surface area contributed by atoms with E-state index in [-0.39, 0.29) is 12.3 Å². The predicted octanol–water partition coefficient (Wildman–Crippen LogP) is 3.58. The summed E-state index contributed by atoms with van der Waals surface area (Å²) in [7, 11) is 0. The first-order valence-electron chi connectivity index (χ1n) is 8.14. The Morgan fingerprint density at radius 1 is 1.23 bits per heavy atom. The average Bonchev–Trinajstić information content (AvgIpc) is 2.75. The van der Waals surface area contributed by atoms with E-state index in [0.29, 0.717) is 19.0 Å². The molecule has 0 radical (unpaired) electrons. The molecular weight excluding hydrogens is 306 g/mol. The highest BCUT2D eigenvalue weighted by molar-refractivity contribution is 6.18. The van der Waals surface area contributed by atoms with Crippen LogP contribution >= 0.6 is 11.6 Å². The highest BCUT2D eigenvalue weighted by atomic mass is 35.5. The molecule has 22 heavy (non-hydrogen) atoms. The van der Waals surface area contributed by atoms with E-state index in [1.807, 2.05) is 34.6 Å². The molecule has 1 heterocycles. The molecule has 6 heteroatoms. The van der Waals surface area contributed by atoms with E-state index in [1.165, 1.54) is 0 Å². The molecule has 132 valence electrons. The van der Waals surface area contributed by atoms with Crippen molar-refractivity contribution in [1.82, 2.24) is 4.90 Å². The average molecular weight is 338 g/mol. The Kier molecular flexibility index (Phi) is 13.5. The van der Waals surface area contributed by atoms with Crippen LogP contribution in [0.2, 0.25) is 0 Å². The fraction of sp³-hybridized carbons (Fsp3) is 0.875. The molecule has 0 saturated carbocycles. The van der Waals surface area contributed by atoms with Gasteiger partial charge in [-0.15, -0.1) is 11.6 Å². The zero-order valence-electron chi connectivity index (χ0n) is 15.1. The SMILES string of the molecule is CC.CC.CCCN(CCCl)C(=O)CC1OC(C)(C)OC1=O. The van der Waals surface area contributed by atoms with Gasteiger partial charge in [0.15, 0.2) is 6.10 Å². The number of hydrogen-bond donors (Lipinski definition) is 0. The molecule has 1 unspecified atom stereocenters. The van der Waals surface area contributed by atoms with Crippen molar-refractivity contribution in [3.63, 3.8) is 0 Å². The Morgan fingerprint density at radius 3 is 2.14 bits per heavy atom. The number of halogens is 1. The second-order valence-electron chi connectivity index (χ2n) is 4.70. The smallest absolute Gasteiger partial charge is 0.338 e. The van der Waals surface area contributed by atoms with Gasteiger partial charge in [0.1, 0.15) is 0 Å². The molecule has 1 aliphatic rings. The summed E-state index contributed by atoms with van der Waals surface area (Å²) in [6.45, 7) is 14.4. The van der Waals surface area contributed by atoms with Gasteiger partial charge in [0.25, 0.3) is 0 Å². The fourth-order valence-corrected chi connectivity index (χ4v) is 2.07. The van der Waals surface area contributed by atoms with E-state index in [4.69, 9.17) is 21.1 Å². The minimum atomic E-state index is -0.940. The lowest BCUT2D eigenvalue weighted by atomic mass is 10.2. The molecular formula is C16H32ClNO4. The van der Waals surface area contributed by atoms with Gasteiger partial charge in [-0.1, -0.05) is 34.6 Å². The molecule has 0 aromatic rings. The van der Waals surface area contributed by atoms with E-state index < -0.39 is 17.9 Å². The zero-order chi connectivity index (χ0) is 17.8. The molecule has 0 aromatic carbocycles. The van der Waals surface area contributed by atoms with Crippen LogP contribution in [0.5, 0.6) is 0 Å². The van der Waals surface area contributed by atoms with Crippen molar-refractivity contribution >= 4 is 23.5 Å². The lowest BCUT2D eigenvalue weighted by molar-refractivity contribution is -0.161. The van der Waals surface area contributed by atoms with Gasteiger partial charge in [0.05, 0.1) is 6.42 Å². The van der Waals surface area contributed by atoms with Crippen LogP contribution in [0.4, 0.5) is 0 Å². The third-order valence-electron chi connectivity index (χ3n) is 2.60. The number of esters is 1. The van der Waals surface area contributed by atoms with Crippen LogP contribution in [-0.4, -0.2) is 47.6 Å². The van der Waals surface area contributed by atoms with Crippen LogP contribution in [0.3, 0.4) is 0 Å². The molecule has 0 bridgehead atoms. The van der Waals surface area contributed by atoms with Gasteiger partial charge in [-0.3, -0.25) is 4.79 Å². The Bertz CT molecular complexity index is 315. The number of ether oxygens (including phenoxy) is 2. The maximum Gasteiger partial charge on any atom is 0.338 e.